The zero-order valence-corrected chi connectivity index (χ0v) is 42.0. The van der Waals surface area contributed by atoms with E-state index in [-0.39, 0.29) is 0 Å². The molecule has 0 fully saturated rings. The minimum Gasteiger partial charge on any atom is -0.454 e. The van der Waals surface area contributed by atoms with E-state index in [4.69, 9.17) is 4.42 Å². The summed E-state index contributed by atoms with van der Waals surface area (Å²) in [6.45, 7) is 0. The third-order valence-electron chi connectivity index (χ3n) is 16.9. The van der Waals surface area contributed by atoms with E-state index < -0.39 is 10.8 Å². The number of hydrogen-bond donors (Lipinski definition) is 0. The van der Waals surface area contributed by atoms with Crippen molar-refractivity contribution in [3.63, 3.8) is 0 Å². The summed E-state index contributed by atoms with van der Waals surface area (Å²) in [6, 6.07) is 107. The van der Waals surface area contributed by atoms with Gasteiger partial charge < -0.3 is 14.2 Å². The molecule has 1 unspecified atom stereocenters. The topological polar surface area (TPSA) is 19.6 Å². The summed E-state index contributed by atoms with van der Waals surface area (Å²) < 4.78 is 6.88. The molecule has 3 heteroatoms. The summed E-state index contributed by atoms with van der Waals surface area (Å²) in [6.07, 6.45) is 0. The lowest BCUT2D eigenvalue weighted by Gasteiger charge is -2.44. The molecular weight excluding hydrogens is 933 g/mol. The maximum Gasteiger partial charge on any atom is 0.159 e. The van der Waals surface area contributed by atoms with Gasteiger partial charge in [0, 0.05) is 33.4 Å². The highest BCUT2D eigenvalue weighted by molar-refractivity contribution is 6.10. The average molecular weight is 981 g/mol. The van der Waals surface area contributed by atoms with E-state index in [1.54, 1.807) is 0 Å². The van der Waals surface area contributed by atoms with Crippen molar-refractivity contribution in [2.75, 3.05) is 9.80 Å². The quantitative estimate of drug-likeness (QED) is 0.151. The first kappa shape index (κ1) is 43.4. The lowest BCUT2D eigenvalue weighted by molar-refractivity contribution is 0.669. The summed E-state index contributed by atoms with van der Waals surface area (Å²) in [5.41, 5.74) is 24.7. The standard InChI is InChI=1S/C74H48N2O/c1-5-21-51(22-6-1)73(52-23-7-2-8-24-52)63-33-15-13-29-57(63)58-46-44-56(48-66(58)73)75(69-37-20-32-62-60-30-14-18-38-70(60)77-72(62)69)55-42-39-49(40-43-55)50-41-45-59-61-31-19-36-68-71(61)74(65(59)47-50,53-25-9-3-10-26-53)64-34-16-17-35-67(64)76(68)54-27-11-4-12-28-54/h1-48H. The first-order valence-electron chi connectivity index (χ1n) is 26.7. The number of fused-ring (bicyclic) bond motifs is 11. The highest BCUT2D eigenvalue weighted by Crippen LogP contribution is 2.65. The second-order valence-electron chi connectivity index (χ2n) is 20.7. The largest absolute Gasteiger partial charge is 0.454 e. The van der Waals surface area contributed by atoms with Crippen LogP contribution >= 0.6 is 0 Å². The van der Waals surface area contributed by atoms with Crippen molar-refractivity contribution < 1.29 is 4.42 Å². The molecule has 3 nitrogen and oxygen atoms in total. The molecule has 12 aromatic carbocycles. The van der Waals surface area contributed by atoms with Crippen molar-refractivity contribution in [1.82, 2.24) is 0 Å². The van der Waals surface area contributed by atoms with E-state index in [2.05, 4.69) is 301 Å². The second kappa shape index (κ2) is 16.8. The molecule has 3 aliphatic rings. The van der Waals surface area contributed by atoms with Crippen LogP contribution in [0.25, 0.3) is 55.3 Å². The average Bonchev–Trinajstić information content (AvgIpc) is 4.34. The molecule has 0 bridgehead atoms. The highest BCUT2D eigenvalue weighted by atomic mass is 16.3. The molecule has 16 rings (SSSR count). The molecule has 1 aliphatic heterocycles. The minimum absolute atomic E-state index is 0.551. The van der Waals surface area contributed by atoms with E-state index in [0.29, 0.717) is 0 Å². The molecule has 0 saturated carbocycles. The smallest absolute Gasteiger partial charge is 0.159 e. The zero-order valence-electron chi connectivity index (χ0n) is 42.0. The van der Waals surface area contributed by atoms with Crippen LogP contribution in [0.1, 0.15) is 44.5 Å². The molecule has 2 heterocycles. The van der Waals surface area contributed by atoms with Gasteiger partial charge in [-0.25, -0.2) is 0 Å². The first-order valence-corrected chi connectivity index (χ1v) is 26.7. The van der Waals surface area contributed by atoms with Gasteiger partial charge in [-0.05, 0) is 139 Å². The molecule has 13 aromatic rings. The minimum atomic E-state index is -0.560. The molecule has 0 N–H and O–H groups in total. The van der Waals surface area contributed by atoms with E-state index >= 15 is 0 Å². The van der Waals surface area contributed by atoms with Crippen LogP contribution < -0.4 is 9.80 Å². The van der Waals surface area contributed by atoms with Crippen LogP contribution in [0.4, 0.5) is 34.1 Å². The van der Waals surface area contributed by atoms with E-state index in [1.807, 2.05) is 0 Å². The third-order valence-corrected chi connectivity index (χ3v) is 16.9. The van der Waals surface area contributed by atoms with Gasteiger partial charge in [0.1, 0.15) is 5.58 Å². The molecule has 0 radical (unpaired) electrons. The lowest BCUT2D eigenvalue weighted by atomic mass is 9.64. The Balaban J connectivity index is 0.887. The summed E-state index contributed by atoms with van der Waals surface area (Å²) in [5.74, 6) is 0. The van der Waals surface area contributed by atoms with E-state index in [9.17, 15) is 0 Å². The Morgan fingerprint density at radius 1 is 0.325 bits per heavy atom. The van der Waals surface area contributed by atoms with Crippen molar-refractivity contribution in [1.29, 1.82) is 0 Å². The first-order chi connectivity index (χ1) is 38.2. The Bertz CT molecular complexity index is 4410. The van der Waals surface area contributed by atoms with Gasteiger partial charge in [-0.2, -0.15) is 0 Å². The van der Waals surface area contributed by atoms with Crippen LogP contribution in [0, 0.1) is 0 Å². The van der Waals surface area contributed by atoms with Crippen molar-refractivity contribution in [3.05, 3.63) is 336 Å². The SMILES string of the molecule is c1ccc(N2c3ccccc3C3(c4ccccc4)c4cc(-c5ccc(N(c6ccc7c(c6)C(c6ccccc6)(c6ccccc6)c6ccccc6-7)c6cccc7c6oc6ccccc67)cc5)ccc4-c4cccc2c43)cc1. The lowest BCUT2D eigenvalue weighted by Crippen LogP contribution is -2.35. The fourth-order valence-corrected chi connectivity index (χ4v) is 13.9. The molecule has 0 saturated heterocycles. The summed E-state index contributed by atoms with van der Waals surface area (Å²) >= 11 is 0. The van der Waals surface area contributed by atoms with Gasteiger partial charge in [0.15, 0.2) is 5.58 Å². The van der Waals surface area contributed by atoms with Crippen LogP contribution in [-0.2, 0) is 10.8 Å². The van der Waals surface area contributed by atoms with Crippen molar-refractivity contribution >= 4 is 56.1 Å². The number of hydrogen-bond acceptors (Lipinski definition) is 3. The maximum atomic E-state index is 6.88. The van der Waals surface area contributed by atoms with Gasteiger partial charge in [0.2, 0.25) is 0 Å². The predicted molar refractivity (Wildman–Crippen MR) is 317 cm³/mol. The fourth-order valence-electron chi connectivity index (χ4n) is 13.9. The van der Waals surface area contributed by atoms with E-state index in [0.717, 1.165) is 50.3 Å². The number of para-hydroxylation sites is 4. The zero-order chi connectivity index (χ0) is 50.7. The summed E-state index contributed by atoms with van der Waals surface area (Å²) in [5, 5.41) is 2.19. The number of benzene rings is 12. The fraction of sp³-hybridized carbons (Fsp3) is 0.0270. The summed E-state index contributed by atoms with van der Waals surface area (Å²) in [7, 11) is 0. The molecular formula is C74H48N2O. The normalized spacial score (nSPS) is 15.1. The second-order valence-corrected chi connectivity index (χ2v) is 20.7. The van der Waals surface area contributed by atoms with Gasteiger partial charge in [-0.15, -0.1) is 0 Å². The Morgan fingerprint density at radius 3 is 1.60 bits per heavy atom. The molecule has 1 aromatic heterocycles. The maximum absolute atomic E-state index is 6.88. The molecule has 2 aliphatic carbocycles. The predicted octanol–water partition coefficient (Wildman–Crippen LogP) is 19.2. The molecule has 0 amide bonds. The molecule has 0 spiro atoms. The number of rotatable bonds is 8. The van der Waals surface area contributed by atoms with E-state index in [1.165, 1.54) is 83.7 Å². The number of anilines is 6. The van der Waals surface area contributed by atoms with Crippen LogP contribution in [0.3, 0.4) is 0 Å². The van der Waals surface area contributed by atoms with Gasteiger partial charge in [-0.3, -0.25) is 0 Å². The molecule has 360 valence electrons. The van der Waals surface area contributed by atoms with Crippen LogP contribution in [0.15, 0.2) is 296 Å². The Kier molecular flexibility index (Phi) is 9.47. The number of furan rings is 1. The molecule has 1 atom stereocenters. The van der Waals surface area contributed by atoms with Crippen LogP contribution in [0.5, 0.6) is 0 Å². The molecule has 77 heavy (non-hydrogen) atoms. The van der Waals surface area contributed by atoms with Gasteiger partial charge in [-0.1, -0.05) is 224 Å². The van der Waals surface area contributed by atoms with Gasteiger partial charge >= 0.3 is 0 Å². The Morgan fingerprint density at radius 2 is 0.844 bits per heavy atom. The van der Waals surface area contributed by atoms with Gasteiger partial charge in [0.05, 0.1) is 27.9 Å². The monoisotopic (exact) mass is 980 g/mol. The van der Waals surface area contributed by atoms with Crippen molar-refractivity contribution in [2.45, 2.75) is 10.8 Å². The number of nitrogens with zero attached hydrogens (tertiary/aromatic N) is 2. The summed E-state index contributed by atoms with van der Waals surface area (Å²) in [4.78, 5) is 4.86. The van der Waals surface area contributed by atoms with Gasteiger partial charge in [0.25, 0.3) is 0 Å². The third kappa shape index (κ3) is 6.08. The van der Waals surface area contributed by atoms with Crippen LogP contribution in [-0.4, -0.2) is 0 Å². The van der Waals surface area contributed by atoms with Crippen molar-refractivity contribution in [3.8, 4) is 33.4 Å². The van der Waals surface area contributed by atoms with Crippen molar-refractivity contribution in [2.24, 2.45) is 0 Å². The van der Waals surface area contributed by atoms with Crippen LogP contribution in [0.2, 0.25) is 0 Å². The Hall–Kier alpha value is -9.96. The Labute approximate surface area is 447 Å². The highest BCUT2D eigenvalue weighted by Gasteiger charge is 2.53.